The van der Waals surface area contributed by atoms with E-state index in [0.717, 1.165) is 25.6 Å². The van der Waals surface area contributed by atoms with Gasteiger partial charge in [0.2, 0.25) is 5.92 Å². The molecule has 1 saturated carbocycles. The summed E-state index contributed by atoms with van der Waals surface area (Å²) in [5.74, 6) is -1.13. The van der Waals surface area contributed by atoms with Crippen molar-refractivity contribution in [2.75, 3.05) is 26.7 Å². The van der Waals surface area contributed by atoms with Gasteiger partial charge in [0.15, 0.2) is 5.96 Å². The first kappa shape index (κ1) is 11.6. The smallest absolute Gasteiger partial charge is 0.248 e. The number of aliphatic imine (C=N–C) groups is 1. The molecule has 92 valence electrons. The molecule has 5 heteroatoms. The Morgan fingerprint density at radius 2 is 2.12 bits per heavy atom. The Labute approximate surface area is 94.9 Å². The van der Waals surface area contributed by atoms with E-state index in [1.807, 2.05) is 7.05 Å². The molecule has 0 bridgehead atoms. The van der Waals surface area contributed by atoms with Crippen LogP contribution >= 0.6 is 0 Å². The van der Waals surface area contributed by atoms with Gasteiger partial charge in [-0.25, -0.2) is 8.78 Å². The fourth-order valence-corrected chi connectivity index (χ4v) is 2.26. The summed E-state index contributed by atoms with van der Waals surface area (Å²) in [7, 11) is 1.99. The lowest BCUT2D eigenvalue weighted by atomic mass is 9.87. The normalized spacial score (nSPS) is 25.7. The maximum absolute atomic E-state index is 12.9. The molecule has 3 nitrogen and oxygen atoms in total. The molecule has 1 N–H and O–H groups in total. The lowest BCUT2D eigenvalue weighted by Gasteiger charge is -2.29. The van der Waals surface area contributed by atoms with Crippen LogP contribution in [0.4, 0.5) is 8.78 Å². The topological polar surface area (TPSA) is 27.6 Å². The minimum Gasteiger partial charge on any atom is -0.356 e. The molecule has 0 amide bonds. The van der Waals surface area contributed by atoms with Gasteiger partial charge in [-0.1, -0.05) is 0 Å². The monoisotopic (exact) mass is 231 g/mol. The Morgan fingerprint density at radius 3 is 2.69 bits per heavy atom. The first-order chi connectivity index (χ1) is 7.57. The minimum atomic E-state index is -2.42. The van der Waals surface area contributed by atoms with E-state index >= 15 is 0 Å². The van der Waals surface area contributed by atoms with Gasteiger partial charge in [-0.15, -0.1) is 0 Å². The number of nitrogens with zero attached hydrogens (tertiary/aromatic N) is 2. The van der Waals surface area contributed by atoms with Crippen LogP contribution in [-0.2, 0) is 0 Å². The summed E-state index contributed by atoms with van der Waals surface area (Å²) in [5, 5.41) is 3.26. The fourth-order valence-electron chi connectivity index (χ4n) is 2.26. The number of alkyl halides is 2. The Morgan fingerprint density at radius 1 is 1.44 bits per heavy atom. The summed E-state index contributed by atoms with van der Waals surface area (Å²) >= 11 is 0. The van der Waals surface area contributed by atoms with Crippen molar-refractivity contribution in [3.8, 4) is 0 Å². The maximum Gasteiger partial charge on any atom is 0.248 e. The molecule has 0 radical (unpaired) electrons. The van der Waals surface area contributed by atoms with Crippen LogP contribution < -0.4 is 5.32 Å². The second-order valence-corrected chi connectivity index (χ2v) is 4.81. The van der Waals surface area contributed by atoms with Crippen molar-refractivity contribution in [3.05, 3.63) is 0 Å². The fraction of sp³-hybridized carbons (Fsp3) is 0.909. The number of likely N-dealkylation sites (N-methyl/N-ethyl adjacent to an activating group) is 1. The summed E-state index contributed by atoms with van der Waals surface area (Å²) in [4.78, 5) is 6.38. The third-order valence-corrected chi connectivity index (χ3v) is 3.44. The maximum atomic E-state index is 12.9. The van der Waals surface area contributed by atoms with Gasteiger partial charge >= 0.3 is 0 Å². The molecule has 0 aromatic rings. The molecular weight excluding hydrogens is 212 g/mol. The van der Waals surface area contributed by atoms with E-state index in [4.69, 9.17) is 0 Å². The van der Waals surface area contributed by atoms with Gasteiger partial charge in [0.25, 0.3) is 0 Å². The van der Waals surface area contributed by atoms with E-state index in [2.05, 4.69) is 15.2 Å². The number of guanidine groups is 1. The second-order valence-electron chi connectivity index (χ2n) is 4.81. The summed E-state index contributed by atoms with van der Waals surface area (Å²) in [6.07, 6.45) is 1.33. The van der Waals surface area contributed by atoms with E-state index in [0.29, 0.717) is 18.8 Å². The third-order valence-electron chi connectivity index (χ3n) is 3.44. The van der Waals surface area contributed by atoms with Gasteiger partial charge in [-0.3, -0.25) is 4.99 Å². The lowest BCUT2D eigenvalue weighted by Crippen LogP contribution is -2.39. The molecule has 16 heavy (non-hydrogen) atoms. The zero-order chi connectivity index (χ0) is 11.6. The average molecular weight is 231 g/mol. The molecule has 1 aliphatic heterocycles. The number of nitrogens with one attached hydrogen (secondary N) is 1. The molecule has 0 atom stereocenters. The molecule has 0 spiro atoms. The average Bonchev–Trinajstić information content (AvgIpc) is 2.63. The Kier molecular flexibility index (Phi) is 3.30. The predicted molar refractivity (Wildman–Crippen MR) is 59.8 cm³/mol. The Hall–Kier alpha value is -0.870. The van der Waals surface area contributed by atoms with Crippen molar-refractivity contribution >= 4 is 5.96 Å². The van der Waals surface area contributed by atoms with Gasteiger partial charge in [0.1, 0.15) is 0 Å². The quantitative estimate of drug-likeness (QED) is 0.783. The first-order valence-corrected chi connectivity index (χ1v) is 5.94. The van der Waals surface area contributed by atoms with E-state index in [1.54, 1.807) is 0 Å². The molecule has 1 heterocycles. The predicted octanol–water partition coefficient (Wildman–Crippen LogP) is 1.70. The zero-order valence-corrected chi connectivity index (χ0v) is 9.68. The molecule has 0 aromatic heterocycles. The highest BCUT2D eigenvalue weighted by atomic mass is 19.3. The van der Waals surface area contributed by atoms with Crippen LogP contribution in [0.3, 0.4) is 0 Å². The van der Waals surface area contributed by atoms with E-state index in [1.165, 1.54) is 0 Å². The van der Waals surface area contributed by atoms with Gasteiger partial charge in [-0.05, 0) is 18.8 Å². The lowest BCUT2D eigenvalue weighted by molar-refractivity contribution is -0.0451. The van der Waals surface area contributed by atoms with Crippen molar-refractivity contribution < 1.29 is 8.78 Å². The molecule has 0 aromatic carbocycles. The first-order valence-electron chi connectivity index (χ1n) is 5.94. The molecule has 1 aliphatic carbocycles. The van der Waals surface area contributed by atoms with Crippen LogP contribution in [0.2, 0.25) is 0 Å². The van der Waals surface area contributed by atoms with Crippen LogP contribution in [0.5, 0.6) is 0 Å². The van der Waals surface area contributed by atoms with Gasteiger partial charge in [0, 0.05) is 33.0 Å². The van der Waals surface area contributed by atoms with Crippen LogP contribution in [0.15, 0.2) is 4.99 Å². The van der Waals surface area contributed by atoms with E-state index < -0.39 is 5.92 Å². The minimum absolute atomic E-state index is 0.0433. The highest BCUT2D eigenvalue weighted by Gasteiger charge is 2.34. The van der Waals surface area contributed by atoms with Crippen molar-refractivity contribution in [3.63, 3.8) is 0 Å². The highest BCUT2D eigenvalue weighted by molar-refractivity contribution is 5.81. The second kappa shape index (κ2) is 4.55. The van der Waals surface area contributed by atoms with Gasteiger partial charge < -0.3 is 10.2 Å². The van der Waals surface area contributed by atoms with Crippen LogP contribution in [-0.4, -0.2) is 43.5 Å². The molecule has 1 fully saturated rings. The van der Waals surface area contributed by atoms with Crippen molar-refractivity contribution in [1.82, 2.24) is 10.2 Å². The largest absolute Gasteiger partial charge is 0.356 e. The molecule has 0 unspecified atom stereocenters. The Balaban J connectivity index is 1.71. The number of hydrogen-bond donors (Lipinski definition) is 1. The Bertz CT molecular complexity index is 268. The van der Waals surface area contributed by atoms with Crippen LogP contribution in [0, 0.1) is 5.92 Å². The molecule has 0 saturated heterocycles. The van der Waals surface area contributed by atoms with Gasteiger partial charge in [-0.2, -0.15) is 0 Å². The third kappa shape index (κ3) is 2.83. The van der Waals surface area contributed by atoms with Crippen molar-refractivity contribution in [2.24, 2.45) is 10.9 Å². The van der Waals surface area contributed by atoms with Gasteiger partial charge in [0.05, 0.1) is 6.54 Å². The number of rotatable bonds is 2. The SMILES string of the molecule is CN1CCN=C1NCC1CCC(F)(F)CC1. The summed E-state index contributed by atoms with van der Waals surface area (Å²) in [6, 6.07) is 0. The van der Waals surface area contributed by atoms with E-state index in [9.17, 15) is 8.78 Å². The van der Waals surface area contributed by atoms with Crippen LogP contribution in [0.1, 0.15) is 25.7 Å². The summed E-state index contributed by atoms with van der Waals surface area (Å²) in [6.45, 7) is 2.56. The number of halogens is 2. The summed E-state index contributed by atoms with van der Waals surface area (Å²) < 4.78 is 25.9. The zero-order valence-electron chi connectivity index (χ0n) is 9.68. The van der Waals surface area contributed by atoms with Crippen molar-refractivity contribution in [2.45, 2.75) is 31.6 Å². The molecule has 2 aliphatic rings. The highest BCUT2D eigenvalue weighted by Crippen LogP contribution is 2.35. The summed E-state index contributed by atoms with van der Waals surface area (Å²) in [5.41, 5.74) is 0. The van der Waals surface area contributed by atoms with Crippen LogP contribution in [0.25, 0.3) is 0 Å². The molecule has 2 rings (SSSR count). The van der Waals surface area contributed by atoms with Crippen molar-refractivity contribution in [1.29, 1.82) is 0 Å². The van der Waals surface area contributed by atoms with E-state index in [-0.39, 0.29) is 12.8 Å². The number of hydrogen-bond acceptors (Lipinski definition) is 3. The molecular formula is C11H19F2N3. The standard InChI is InChI=1S/C11H19F2N3/c1-16-7-6-14-10(16)15-8-9-2-4-11(12,13)5-3-9/h9H,2-8H2,1H3,(H,14,15).